The lowest BCUT2D eigenvalue weighted by Crippen LogP contribution is -2.02. The van der Waals surface area contributed by atoms with Gasteiger partial charge >= 0.3 is 0 Å². The smallest absolute Gasteiger partial charge is 0.172 e. The SMILES string of the molecule is CCCCCCOc1ccc(C)nc1C=O. The van der Waals surface area contributed by atoms with E-state index >= 15 is 0 Å². The molecule has 1 heterocycles. The first-order valence-electron chi connectivity index (χ1n) is 5.83. The van der Waals surface area contributed by atoms with Crippen LogP contribution in [0, 0.1) is 6.92 Å². The third-order valence-electron chi connectivity index (χ3n) is 2.39. The van der Waals surface area contributed by atoms with Gasteiger partial charge in [-0.05, 0) is 25.5 Å². The van der Waals surface area contributed by atoms with E-state index in [0.29, 0.717) is 18.1 Å². The van der Waals surface area contributed by atoms with Crippen LogP contribution in [-0.4, -0.2) is 17.9 Å². The van der Waals surface area contributed by atoms with Crippen molar-refractivity contribution in [1.82, 2.24) is 4.98 Å². The Morgan fingerprint density at radius 2 is 2.12 bits per heavy atom. The van der Waals surface area contributed by atoms with Crippen molar-refractivity contribution in [3.63, 3.8) is 0 Å². The molecule has 0 aromatic carbocycles. The fourth-order valence-electron chi connectivity index (χ4n) is 1.48. The molecule has 0 atom stereocenters. The van der Waals surface area contributed by atoms with Crippen LogP contribution in [0.4, 0.5) is 0 Å². The molecule has 0 N–H and O–H groups in total. The van der Waals surface area contributed by atoms with Crippen LogP contribution in [0.5, 0.6) is 5.75 Å². The molecule has 16 heavy (non-hydrogen) atoms. The van der Waals surface area contributed by atoms with Gasteiger partial charge in [0.25, 0.3) is 0 Å². The summed E-state index contributed by atoms with van der Waals surface area (Å²) < 4.78 is 5.54. The van der Waals surface area contributed by atoms with Crippen LogP contribution in [0.1, 0.15) is 48.8 Å². The van der Waals surface area contributed by atoms with Crippen LogP contribution in [0.25, 0.3) is 0 Å². The van der Waals surface area contributed by atoms with Crippen molar-refractivity contribution in [3.8, 4) is 5.75 Å². The molecule has 0 radical (unpaired) electrons. The van der Waals surface area contributed by atoms with Crippen LogP contribution in [0.3, 0.4) is 0 Å². The van der Waals surface area contributed by atoms with Crippen molar-refractivity contribution >= 4 is 6.29 Å². The van der Waals surface area contributed by atoms with Gasteiger partial charge in [-0.2, -0.15) is 0 Å². The Morgan fingerprint density at radius 1 is 1.31 bits per heavy atom. The lowest BCUT2D eigenvalue weighted by atomic mass is 10.2. The summed E-state index contributed by atoms with van der Waals surface area (Å²) in [5.41, 5.74) is 1.23. The minimum absolute atomic E-state index is 0.399. The standard InChI is InChI=1S/C13H19NO2/c1-3-4-5-6-9-16-13-8-7-11(2)14-12(13)10-15/h7-8,10H,3-6,9H2,1-2H3. The predicted octanol–water partition coefficient (Wildman–Crippen LogP) is 3.16. The van der Waals surface area contributed by atoms with E-state index in [4.69, 9.17) is 4.74 Å². The molecule has 1 aromatic heterocycles. The molecule has 0 bridgehead atoms. The highest BCUT2D eigenvalue weighted by molar-refractivity contribution is 5.76. The Kier molecular flexibility index (Phi) is 5.54. The van der Waals surface area contributed by atoms with Gasteiger partial charge in [-0.1, -0.05) is 26.2 Å². The number of aryl methyl sites for hydroxylation is 1. The van der Waals surface area contributed by atoms with Crippen LogP contribution in [0.2, 0.25) is 0 Å². The molecule has 1 rings (SSSR count). The molecule has 0 saturated carbocycles. The fourth-order valence-corrected chi connectivity index (χ4v) is 1.48. The topological polar surface area (TPSA) is 39.2 Å². The van der Waals surface area contributed by atoms with Gasteiger partial charge in [0.05, 0.1) is 6.61 Å². The van der Waals surface area contributed by atoms with Gasteiger partial charge in [-0.25, -0.2) is 4.98 Å². The molecule has 88 valence electrons. The molecule has 0 spiro atoms. The van der Waals surface area contributed by atoms with Gasteiger partial charge in [0.2, 0.25) is 0 Å². The first-order valence-corrected chi connectivity index (χ1v) is 5.83. The summed E-state index contributed by atoms with van der Waals surface area (Å²) in [6.07, 6.45) is 5.39. The molecule has 0 fully saturated rings. The van der Waals surface area contributed by atoms with Gasteiger partial charge in [0.1, 0.15) is 11.4 Å². The molecule has 3 heteroatoms. The summed E-state index contributed by atoms with van der Waals surface area (Å²) in [6, 6.07) is 3.67. The van der Waals surface area contributed by atoms with Crippen LogP contribution >= 0.6 is 0 Å². The second-order valence-corrected chi connectivity index (χ2v) is 3.86. The third-order valence-corrected chi connectivity index (χ3v) is 2.39. The van der Waals surface area contributed by atoms with E-state index in [-0.39, 0.29) is 0 Å². The van der Waals surface area contributed by atoms with E-state index in [9.17, 15) is 4.79 Å². The number of unbranched alkanes of at least 4 members (excludes halogenated alkanes) is 3. The zero-order valence-electron chi connectivity index (χ0n) is 10.0. The summed E-state index contributed by atoms with van der Waals surface area (Å²) >= 11 is 0. The summed E-state index contributed by atoms with van der Waals surface area (Å²) in [5, 5.41) is 0. The zero-order chi connectivity index (χ0) is 11.8. The highest BCUT2D eigenvalue weighted by Gasteiger charge is 2.04. The quantitative estimate of drug-likeness (QED) is 0.524. The van der Waals surface area contributed by atoms with Crippen LogP contribution < -0.4 is 4.74 Å². The van der Waals surface area contributed by atoms with E-state index in [1.54, 1.807) is 0 Å². The van der Waals surface area contributed by atoms with E-state index in [0.717, 1.165) is 18.4 Å². The molecular weight excluding hydrogens is 202 g/mol. The van der Waals surface area contributed by atoms with E-state index in [1.165, 1.54) is 19.3 Å². The monoisotopic (exact) mass is 221 g/mol. The van der Waals surface area contributed by atoms with Gasteiger partial charge in [0, 0.05) is 5.69 Å². The van der Waals surface area contributed by atoms with E-state index in [2.05, 4.69) is 11.9 Å². The summed E-state index contributed by atoms with van der Waals surface area (Å²) in [6.45, 7) is 4.69. The number of aromatic nitrogens is 1. The average molecular weight is 221 g/mol. The lowest BCUT2D eigenvalue weighted by molar-refractivity contribution is 0.111. The number of carbonyl (C=O) groups excluding carboxylic acids is 1. The van der Waals surface area contributed by atoms with Crippen molar-refractivity contribution in [3.05, 3.63) is 23.5 Å². The number of carbonyl (C=O) groups is 1. The Bertz CT molecular complexity index is 337. The Hall–Kier alpha value is -1.38. The van der Waals surface area contributed by atoms with Crippen molar-refractivity contribution in [2.24, 2.45) is 0 Å². The number of aldehydes is 1. The first kappa shape index (κ1) is 12.7. The Balaban J connectivity index is 2.44. The summed E-state index contributed by atoms with van der Waals surface area (Å²) in [7, 11) is 0. The summed E-state index contributed by atoms with van der Waals surface area (Å²) in [4.78, 5) is 14.9. The number of pyridine rings is 1. The molecule has 0 amide bonds. The lowest BCUT2D eigenvalue weighted by Gasteiger charge is -2.07. The Morgan fingerprint density at radius 3 is 2.81 bits per heavy atom. The molecule has 0 aliphatic rings. The number of hydrogen-bond donors (Lipinski definition) is 0. The molecule has 3 nitrogen and oxygen atoms in total. The number of hydrogen-bond acceptors (Lipinski definition) is 3. The maximum atomic E-state index is 10.8. The molecule has 1 aromatic rings. The van der Waals surface area contributed by atoms with Gasteiger partial charge < -0.3 is 4.74 Å². The maximum absolute atomic E-state index is 10.8. The predicted molar refractivity (Wildman–Crippen MR) is 64.0 cm³/mol. The number of nitrogens with zero attached hydrogens (tertiary/aromatic N) is 1. The highest BCUT2D eigenvalue weighted by Crippen LogP contribution is 2.15. The molecule has 0 aliphatic carbocycles. The first-order chi connectivity index (χ1) is 7.77. The second-order valence-electron chi connectivity index (χ2n) is 3.86. The molecule has 0 saturated heterocycles. The molecule has 0 aliphatic heterocycles. The van der Waals surface area contributed by atoms with E-state index in [1.807, 2.05) is 19.1 Å². The Labute approximate surface area is 96.8 Å². The maximum Gasteiger partial charge on any atom is 0.172 e. The number of rotatable bonds is 7. The average Bonchev–Trinajstić information content (AvgIpc) is 2.30. The van der Waals surface area contributed by atoms with Crippen molar-refractivity contribution < 1.29 is 9.53 Å². The molecular formula is C13H19NO2. The van der Waals surface area contributed by atoms with E-state index < -0.39 is 0 Å². The van der Waals surface area contributed by atoms with Crippen molar-refractivity contribution in [2.45, 2.75) is 39.5 Å². The van der Waals surface area contributed by atoms with Crippen LogP contribution in [-0.2, 0) is 0 Å². The molecule has 0 unspecified atom stereocenters. The number of ether oxygens (including phenoxy) is 1. The van der Waals surface area contributed by atoms with Crippen LogP contribution in [0.15, 0.2) is 12.1 Å². The van der Waals surface area contributed by atoms with Gasteiger partial charge in [-0.15, -0.1) is 0 Å². The van der Waals surface area contributed by atoms with Crippen molar-refractivity contribution in [2.75, 3.05) is 6.61 Å². The highest BCUT2D eigenvalue weighted by atomic mass is 16.5. The minimum Gasteiger partial charge on any atom is -0.491 e. The largest absolute Gasteiger partial charge is 0.491 e. The second kappa shape index (κ2) is 6.99. The van der Waals surface area contributed by atoms with Gasteiger partial charge in [0.15, 0.2) is 6.29 Å². The van der Waals surface area contributed by atoms with Gasteiger partial charge in [-0.3, -0.25) is 4.79 Å². The minimum atomic E-state index is 0.399. The zero-order valence-corrected chi connectivity index (χ0v) is 10.0. The normalized spacial score (nSPS) is 10.1. The fraction of sp³-hybridized carbons (Fsp3) is 0.538. The summed E-state index contributed by atoms with van der Waals surface area (Å²) in [5.74, 6) is 0.595. The van der Waals surface area contributed by atoms with Crippen molar-refractivity contribution in [1.29, 1.82) is 0 Å². The third kappa shape index (κ3) is 4.01.